The van der Waals surface area contributed by atoms with Gasteiger partial charge in [0.15, 0.2) is 5.16 Å². The van der Waals surface area contributed by atoms with E-state index in [1.807, 2.05) is 42.7 Å². The molecule has 0 saturated carbocycles. The van der Waals surface area contributed by atoms with Gasteiger partial charge in [0.05, 0.1) is 17.1 Å². The summed E-state index contributed by atoms with van der Waals surface area (Å²) in [6.45, 7) is 5.16. The first-order valence-electron chi connectivity index (χ1n) is 8.57. The number of anilines is 2. The lowest BCUT2D eigenvalue weighted by atomic mass is 10.2. The quantitative estimate of drug-likeness (QED) is 0.616. The molecule has 2 N–H and O–H groups in total. The highest BCUT2D eigenvalue weighted by Crippen LogP contribution is 2.24. The number of carbonyl (C=O) groups is 2. The van der Waals surface area contributed by atoms with Crippen molar-refractivity contribution in [1.29, 1.82) is 0 Å². The van der Waals surface area contributed by atoms with E-state index in [-0.39, 0.29) is 17.6 Å². The van der Waals surface area contributed by atoms with Gasteiger partial charge in [-0.15, -0.1) is 10.2 Å². The first-order chi connectivity index (χ1) is 13.3. The summed E-state index contributed by atoms with van der Waals surface area (Å²) in [7, 11) is 1.78. The molecule has 0 unspecified atom stereocenters. The Bertz CT molecular complexity index is 1020. The highest BCUT2D eigenvalue weighted by molar-refractivity contribution is 7.99. The fourth-order valence-corrected chi connectivity index (χ4v) is 3.49. The van der Waals surface area contributed by atoms with Crippen molar-refractivity contribution in [3.8, 4) is 5.69 Å². The Morgan fingerprint density at radius 1 is 1.14 bits per heavy atom. The number of benzene rings is 1. The summed E-state index contributed by atoms with van der Waals surface area (Å²) in [4.78, 5) is 23.6. The Labute approximate surface area is 166 Å². The molecule has 0 radical (unpaired) electrons. The Morgan fingerprint density at radius 2 is 1.93 bits per heavy atom. The van der Waals surface area contributed by atoms with Gasteiger partial charge >= 0.3 is 0 Å². The van der Waals surface area contributed by atoms with E-state index in [4.69, 9.17) is 0 Å². The van der Waals surface area contributed by atoms with Crippen LogP contribution in [0, 0.1) is 13.8 Å². The van der Waals surface area contributed by atoms with Crippen LogP contribution < -0.4 is 10.6 Å². The van der Waals surface area contributed by atoms with Crippen LogP contribution in [0.3, 0.4) is 0 Å². The van der Waals surface area contributed by atoms with E-state index in [1.54, 1.807) is 17.8 Å². The van der Waals surface area contributed by atoms with Gasteiger partial charge in [-0.05, 0) is 32.0 Å². The summed E-state index contributed by atoms with van der Waals surface area (Å²) in [5.74, 6) is 1.20. The van der Waals surface area contributed by atoms with Gasteiger partial charge in [-0.1, -0.05) is 17.8 Å². The summed E-state index contributed by atoms with van der Waals surface area (Å²) in [5, 5.41) is 18.7. The average Bonchev–Trinajstić information content (AvgIpc) is 3.14. The molecule has 28 heavy (non-hydrogen) atoms. The Balaban J connectivity index is 1.73. The lowest BCUT2D eigenvalue weighted by Crippen LogP contribution is -2.16. The fraction of sp³-hybridized carbons (Fsp3) is 0.278. The molecule has 3 aromatic rings. The molecule has 0 saturated heterocycles. The first kappa shape index (κ1) is 19.6. The number of nitrogens with one attached hydrogen (secondary N) is 2. The SMILES string of the molecule is CC(=O)Nc1cccc(-n2c(C)nnc2SCC(=O)Nc2cc(C)nn2C)c1. The molecule has 0 aliphatic heterocycles. The largest absolute Gasteiger partial charge is 0.326 e. The number of aromatic nitrogens is 5. The molecular formula is C18H21N7O2S. The third-order valence-electron chi connectivity index (χ3n) is 3.82. The predicted molar refractivity (Wildman–Crippen MR) is 108 cm³/mol. The Hall–Kier alpha value is -3.14. The van der Waals surface area contributed by atoms with E-state index in [0.717, 1.165) is 11.4 Å². The van der Waals surface area contributed by atoms with Crippen LogP contribution in [0.1, 0.15) is 18.4 Å². The van der Waals surface area contributed by atoms with E-state index >= 15 is 0 Å². The monoisotopic (exact) mass is 399 g/mol. The first-order valence-corrected chi connectivity index (χ1v) is 9.55. The molecule has 0 bridgehead atoms. The summed E-state index contributed by atoms with van der Waals surface area (Å²) >= 11 is 1.28. The molecular weight excluding hydrogens is 378 g/mol. The standard InChI is InChI=1S/C18H21N7O2S/c1-11-8-16(24(4)23-11)20-17(27)10-28-18-22-21-12(2)25(18)15-7-5-6-14(9-15)19-13(3)26/h5-9H,10H2,1-4H3,(H,19,26)(H,20,27). The molecule has 0 aliphatic rings. The van der Waals surface area contributed by atoms with Crippen molar-refractivity contribution < 1.29 is 9.59 Å². The van der Waals surface area contributed by atoms with Gasteiger partial charge in [0.2, 0.25) is 11.8 Å². The molecule has 1 aromatic carbocycles. The summed E-state index contributed by atoms with van der Waals surface area (Å²) in [5.41, 5.74) is 2.32. The van der Waals surface area contributed by atoms with Crippen LogP contribution in [-0.4, -0.2) is 42.1 Å². The van der Waals surface area contributed by atoms with E-state index in [0.29, 0.717) is 22.5 Å². The predicted octanol–water partition coefficient (Wildman–Crippen LogP) is 2.31. The molecule has 3 rings (SSSR count). The zero-order valence-corrected chi connectivity index (χ0v) is 16.9. The average molecular weight is 399 g/mol. The molecule has 2 amide bonds. The number of hydrogen-bond acceptors (Lipinski definition) is 6. The smallest absolute Gasteiger partial charge is 0.235 e. The molecule has 2 aromatic heterocycles. The summed E-state index contributed by atoms with van der Waals surface area (Å²) in [6.07, 6.45) is 0. The van der Waals surface area contributed by atoms with Crippen LogP contribution in [0.15, 0.2) is 35.5 Å². The lowest BCUT2D eigenvalue weighted by Gasteiger charge is -2.10. The number of carbonyl (C=O) groups excluding carboxylic acids is 2. The van der Waals surface area contributed by atoms with Crippen LogP contribution in [0.25, 0.3) is 5.69 Å². The summed E-state index contributed by atoms with van der Waals surface area (Å²) in [6, 6.07) is 9.18. The molecule has 0 fully saturated rings. The molecule has 0 atom stereocenters. The lowest BCUT2D eigenvalue weighted by molar-refractivity contribution is -0.114. The molecule has 9 nitrogen and oxygen atoms in total. The van der Waals surface area contributed by atoms with Crippen LogP contribution in [0.4, 0.5) is 11.5 Å². The van der Waals surface area contributed by atoms with E-state index in [9.17, 15) is 9.59 Å². The van der Waals surface area contributed by atoms with Crippen molar-refractivity contribution in [2.45, 2.75) is 25.9 Å². The van der Waals surface area contributed by atoms with Crippen molar-refractivity contribution in [2.75, 3.05) is 16.4 Å². The minimum atomic E-state index is -0.160. The highest BCUT2D eigenvalue weighted by atomic mass is 32.2. The maximum Gasteiger partial charge on any atom is 0.235 e. The third-order valence-corrected chi connectivity index (χ3v) is 4.75. The van der Waals surface area contributed by atoms with Crippen molar-refractivity contribution in [3.63, 3.8) is 0 Å². The second-order valence-electron chi connectivity index (χ2n) is 6.23. The number of hydrogen-bond donors (Lipinski definition) is 2. The van der Waals surface area contributed by atoms with Gasteiger partial charge in [-0.2, -0.15) is 5.10 Å². The van der Waals surface area contributed by atoms with Gasteiger partial charge in [0.25, 0.3) is 0 Å². The molecule has 0 spiro atoms. The van der Waals surface area contributed by atoms with Crippen LogP contribution in [-0.2, 0) is 16.6 Å². The Morgan fingerprint density at radius 3 is 2.61 bits per heavy atom. The van der Waals surface area contributed by atoms with Crippen LogP contribution in [0.2, 0.25) is 0 Å². The Kier molecular flexibility index (Phi) is 5.78. The number of aryl methyl sites for hydroxylation is 3. The van der Waals surface area contributed by atoms with Gasteiger partial charge in [0.1, 0.15) is 11.6 Å². The fourth-order valence-electron chi connectivity index (χ4n) is 2.70. The zero-order valence-electron chi connectivity index (χ0n) is 16.1. The van der Waals surface area contributed by atoms with Crippen molar-refractivity contribution >= 4 is 35.1 Å². The molecule has 2 heterocycles. The van der Waals surface area contributed by atoms with Gasteiger partial charge in [-0.25, -0.2) is 0 Å². The van der Waals surface area contributed by atoms with Gasteiger partial charge < -0.3 is 10.6 Å². The number of rotatable bonds is 6. The minimum absolute atomic E-state index is 0.144. The summed E-state index contributed by atoms with van der Waals surface area (Å²) < 4.78 is 3.47. The van der Waals surface area contributed by atoms with E-state index in [2.05, 4.69) is 25.9 Å². The molecule has 0 aliphatic carbocycles. The number of nitrogens with zero attached hydrogens (tertiary/aromatic N) is 5. The second-order valence-corrected chi connectivity index (χ2v) is 7.17. The topological polar surface area (TPSA) is 107 Å². The second kappa shape index (κ2) is 8.26. The van der Waals surface area contributed by atoms with Crippen molar-refractivity contribution in [3.05, 3.63) is 41.9 Å². The maximum atomic E-state index is 12.3. The highest BCUT2D eigenvalue weighted by Gasteiger charge is 2.15. The van der Waals surface area contributed by atoms with E-state index < -0.39 is 0 Å². The minimum Gasteiger partial charge on any atom is -0.326 e. The molecule has 146 valence electrons. The number of thioether (sulfide) groups is 1. The normalized spacial score (nSPS) is 10.7. The number of amides is 2. The molecule has 10 heteroatoms. The zero-order chi connectivity index (χ0) is 20.3. The van der Waals surface area contributed by atoms with Crippen molar-refractivity contribution in [1.82, 2.24) is 24.5 Å². The third kappa shape index (κ3) is 4.58. The van der Waals surface area contributed by atoms with Crippen LogP contribution in [0.5, 0.6) is 0 Å². The van der Waals surface area contributed by atoms with Crippen LogP contribution >= 0.6 is 11.8 Å². The maximum absolute atomic E-state index is 12.3. The van der Waals surface area contributed by atoms with E-state index in [1.165, 1.54) is 18.7 Å². The van der Waals surface area contributed by atoms with Gasteiger partial charge in [-0.3, -0.25) is 18.8 Å². The van der Waals surface area contributed by atoms with Crippen molar-refractivity contribution in [2.24, 2.45) is 7.05 Å². The van der Waals surface area contributed by atoms with Gasteiger partial charge in [0, 0.05) is 25.7 Å².